The molecule has 0 radical (unpaired) electrons. The third-order valence-electron chi connectivity index (χ3n) is 2.08. The Balaban J connectivity index is 0.000000980. The van der Waals surface area contributed by atoms with Crippen LogP contribution in [0.3, 0.4) is 0 Å². The molecule has 0 heterocycles. The van der Waals surface area contributed by atoms with Crippen molar-refractivity contribution in [1.29, 1.82) is 0 Å². The van der Waals surface area contributed by atoms with E-state index in [1.807, 2.05) is 18.2 Å². The first-order chi connectivity index (χ1) is 6.40. The van der Waals surface area contributed by atoms with Gasteiger partial charge in [0, 0.05) is 0 Å². The van der Waals surface area contributed by atoms with Crippen LogP contribution in [0.2, 0.25) is 0 Å². The minimum Gasteiger partial charge on any atom is -1.00 e. The zero-order valence-electron chi connectivity index (χ0n) is 8.54. The summed E-state index contributed by atoms with van der Waals surface area (Å²) >= 11 is 0. The molecule has 0 atom stereocenters. The van der Waals surface area contributed by atoms with Crippen LogP contribution in [0.25, 0.3) is 10.8 Å². The molecule has 0 N–H and O–H groups in total. The first-order valence-electron chi connectivity index (χ1n) is 4.41. The summed E-state index contributed by atoms with van der Waals surface area (Å²) in [6.45, 7) is 3.72. The Labute approximate surface area is 117 Å². The number of hydrogen-bond acceptors (Lipinski definition) is 0. The van der Waals surface area contributed by atoms with Crippen molar-refractivity contribution in [3.63, 3.8) is 0 Å². The van der Waals surface area contributed by atoms with Crippen LogP contribution < -0.4 is 17.0 Å². The fourth-order valence-corrected chi connectivity index (χ4v) is 1.44. The maximum absolute atomic E-state index is 3.72. The predicted octanol–water partition coefficient (Wildman–Crippen LogP) is -0.00831. The summed E-state index contributed by atoms with van der Waals surface area (Å²) < 4.78 is 0. The van der Waals surface area contributed by atoms with Crippen LogP contribution in [0.4, 0.5) is 0 Å². The Kier molecular flexibility index (Phi) is 6.89. The summed E-state index contributed by atoms with van der Waals surface area (Å²) in [7, 11) is 0. The second-order valence-electron chi connectivity index (χ2n) is 3.06. The van der Waals surface area contributed by atoms with E-state index < -0.39 is 0 Å². The third-order valence-corrected chi connectivity index (χ3v) is 2.08. The molecule has 2 aromatic carbocycles. The van der Waals surface area contributed by atoms with E-state index in [-0.39, 0.29) is 40.0 Å². The Morgan fingerprint density at radius 3 is 2.60 bits per heavy atom. The average Bonchev–Trinajstić information content (AvgIpc) is 2.18. The Bertz CT molecular complexity index is 437. The minimum atomic E-state index is 0. The zero-order chi connectivity index (χ0) is 9.10. The Hall–Kier alpha value is -0.314. The van der Waals surface area contributed by atoms with Gasteiger partial charge in [0.2, 0.25) is 0 Å². The minimum absolute atomic E-state index is 0. The number of fused-ring (bicyclic) bond motifs is 1. The van der Waals surface area contributed by atoms with E-state index >= 15 is 0 Å². The first-order valence-corrected chi connectivity index (χ1v) is 4.41. The maximum atomic E-state index is 3.72. The van der Waals surface area contributed by atoms with E-state index in [9.17, 15) is 0 Å². The summed E-state index contributed by atoms with van der Waals surface area (Å²) in [4.78, 5) is 0. The molecule has 0 fully saturated rings. The van der Waals surface area contributed by atoms with Crippen molar-refractivity contribution in [3.8, 4) is 0 Å². The van der Waals surface area contributed by atoms with Crippen LogP contribution in [-0.4, -0.2) is 23.1 Å². The summed E-state index contributed by atoms with van der Waals surface area (Å²) in [6.07, 6.45) is 2.80. The van der Waals surface area contributed by atoms with Crippen LogP contribution in [-0.2, 0) is 6.42 Å². The first kappa shape index (κ1) is 14.7. The van der Waals surface area contributed by atoms with Gasteiger partial charge in [0.05, 0.1) is 0 Å². The van der Waals surface area contributed by atoms with Crippen molar-refractivity contribution in [2.45, 2.75) is 6.42 Å². The smallest absolute Gasteiger partial charge is 1.00 e. The van der Waals surface area contributed by atoms with Crippen molar-refractivity contribution in [2.24, 2.45) is 0 Å². The number of benzene rings is 2. The van der Waals surface area contributed by atoms with E-state index in [1.54, 1.807) is 0 Å². The molecule has 0 aliphatic carbocycles. The molecule has 0 bridgehead atoms. The van der Waals surface area contributed by atoms with Gasteiger partial charge < -0.3 is 17.0 Å². The van der Waals surface area contributed by atoms with E-state index in [2.05, 4.69) is 36.9 Å². The van der Waals surface area contributed by atoms with Gasteiger partial charge in [-0.25, -0.2) is 0 Å². The SMILES string of the molecule is C=CCc1[c-]c2ccccc2cc1.[Br-].[Mg+2]. The van der Waals surface area contributed by atoms with Gasteiger partial charge in [0.15, 0.2) is 0 Å². The normalized spacial score (nSPS) is 8.80. The molecule has 0 aliphatic heterocycles. The molecule has 2 rings (SSSR count). The van der Waals surface area contributed by atoms with E-state index in [0.717, 1.165) is 6.42 Å². The Morgan fingerprint density at radius 2 is 1.87 bits per heavy atom. The molecule has 15 heavy (non-hydrogen) atoms. The molecule has 0 aliphatic rings. The molecule has 0 amide bonds. The molecule has 0 saturated heterocycles. The molecule has 0 aromatic heterocycles. The van der Waals surface area contributed by atoms with Gasteiger partial charge in [0.1, 0.15) is 0 Å². The van der Waals surface area contributed by atoms with Crippen molar-refractivity contribution < 1.29 is 17.0 Å². The van der Waals surface area contributed by atoms with Crippen LogP contribution in [0.1, 0.15) is 5.56 Å². The molecule has 0 saturated carbocycles. The monoisotopic (exact) mass is 270 g/mol. The summed E-state index contributed by atoms with van der Waals surface area (Å²) in [5, 5.41) is 2.43. The van der Waals surface area contributed by atoms with Crippen LogP contribution >= 0.6 is 0 Å². The van der Waals surface area contributed by atoms with Crippen LogP contribution in [0, 0.1) is 6.07 Å². The molecule has 2 aromatic rings. The van der Waals surface area contributed by atoms with E-state index in [1.165, 1.54) is 16.3 Å². The standard InChI is InChI=1S/C13H11.BrH.Mg/c1-2-5-11-8-9-12-6-3-4-7-13(12)10-11;;/h2-4,6-9H,1,5H2;1H;/q-1;;+2/p-1. The third kappa shape index (κ3) is 3.63. The molecular formula is C13H11BrMg. The number of allylic oxidation sites excluding steroid dienone is 1. The van der Waals surface area contributed by atoms with Crippen molar-refractivity contribution >= 4 is 33.8 Å². The molecule has 0 nitrogen and oxygen atoms in total. The van der Waals surface area contributed by atoms with Gasteiger partial charge in [-0.15, -0.1) is 53.2 Å². The van der Waals surface area contributed by atoms with Gasteiger partial charge in [0.25, 0.3) is 0 Å². The van der Waals surface area contributed by atoms with Gasteiger partial charge in [-0.05, 0) is 6.42 Å². The predicted molar refractivity (Wildman–Crippen MR) is 62.4 cm³/mol. The van der Waals surface area contributed by atoms with Crippen molar-refractivity contribution in [2.75, 3.05) is 0 Å². The van der Waals surface area contributed by atoms with Crippen LogP contribution in [0.15, 0.2) is 49.1 Å². The van der Waals surface area contributed by atoms with Gasteiger partial charge in [-0.2, -0.15) is 0 Å². The fourth-order valence-electron chi connectivity index (χ4n) is 1.44. The van der Waals surface area contributed by atoms with Crippen molar-refractivity contribution in [1.82, 2.24) is 0 Å². The largest absolute Gasteiger partial charge is 2.00 e. The maximum Gasteiger partial charge on any atom is 2.00 e. The molecule has 0 spiro atoms. The number of hydrogen-bond donors (Lipinski definition) is 0. The molecule has 2 heteroatoms. The molecular weight excluding hydrogens is 260 g/mol. The van der Waals surface area contributed by atoms with Crippen LogP contribution in [0.5, 0.6) is 0 Å². The Morgan fingerprint density at radius 1 is 1.13 bits per heavy atom. The number of rotatable bonds is 2. The van der Waals surface area contributed by atoms with Gasteiger partial charge in [-0.3, -0.25) is 0 Å². The van der Waals surface area contributed by atoms with Gasteiger partial charge >= 0.3 is 23.1 Å². The molecule has 72 valence electrons. The summed E-state index contributed by atoms with van der Waals surface area (Å²) in [6, 6.07) is 15.9. The summed E-state index contributed by atoms with van der Waals surface area (Å²) in [5.74, 6) is 0. The van der Waals surface area contributed by atoms with E-state index in [0.29, 0.717) is 0 Å². The van der Waals surface area contributed by atoms with Crippen molar-refractivity contribution in [3.05, 3.63) is 60.7 Å². The second-order valence-corrected chi connectivity index (χ2v) is 3.06. The van der Waals surface area contributed by atoms with E-state index in [4.69, 9.17) is 0 Å². The van der Waals surface area contributed by atoms with Gasteiger partial charge in [-0.1, -0.05) is 18.2 Å². The second kappa shape index (κ2) is 7.04. The summed E-state index contributed by atoms with van der Waals surface area (Å²) in [5.41, 5.74) is 1.20. The topological polar surface area (TPSA) is 0 Å². The fraction of sp³-hybridized carbons (Fsp3) is 0.0769. The number of halogens is 1. The quantitative estimate of drug-likeness (QED) is 0.409. The average molecular weight is 271 g/mol. The molecule has 0 unspecified atom stereocenters. The zero-order valence-corrected chi connectivity index (χ0v) is 11.5.